The molecule has 0 atom stereocenters. The Labute approximate surface area is 170 Å². The Balaban J connectivity index is 1.72. The molecular formula is C23H24N4O2. The van der Waals surface area contributed by atoms with Crippen LogP contribution in [0, 0.1) is 0 Å². The van der Waals surface area contributed by atoms with Gasteiger partial charge < -0.3 is 15.0 Å². The highest BCUT2D eigenvalue weighted by Crippen LogP contribution is 2.28. The Hall–Kier alpha value is -3.41. The average molecular weight is 388 g/mol. The number of anilines is 3. The van der Waals surface area contributed by atoms with Gasteiger partial charge in [0.1, 0.15) is 5.82 Å². The fourth-order valence-electron chi connectivity index (χ4n) is 3.45. The van der Waals surface area contributed by atoms with E-state index < -0.39 is 0 Å². The lowest BCUT2D eigenvalue weighted by molar-refractivity contribution is 0.0527. The van der Waals surface area contributed by atoms with Crippen LogP contribution >= 0.6 is 0 Å². The summed E-state index contributed by atoms with van der Waals surface area (Å²) in [7, 11) is 0. The highest BCUT2D eigenvalue weighted by atomic mass is 16.5. The summed E-state index contributed by atoms with van der Waals surface area (Å²) in [6.07, 6.45) is 2.33. The van der Waals surface area contributed by atoms with E-state index in [-0.39, 0.29) is 5.97 Å². The van der Waals surface area contributed by atoms with Gasteiger partial charge in [0.05, 0.1) is 23.6 Å². The summed E-state index contributed by atoms with van der Waals surface area (Å²) in [5.74, 6) is 0.993. The molecule has 0 bridgehead atoms. The second-order valence-electron chi connectivity index (χ2n) is 6.89. The number of nitrogens with one attached hydrogen (secondary N) is 1. The minimum atomic E-state index is -0.366. The SMILES string of the molecule is CCOC(=O)c1ccccc1Nc1nc(-c2ccccc2)cc(N2CCCC2)n1. The smallest absolute Gasteiger partial charge is 0.340 e. The average Bonchev–Trinajstić information content (AvgIpc) is 3.30. The molecule has 29 heavy (non-hydrogen) atoms. The first-order chi connectivity index (χ1) is 14.2. The molecule has 1 aromatic heterocycles. The molecule has 1 fully saturated rings. The maximum Gasteiger partial charge on any atom is 0.340 e. The van der Waals surface area contributed by atoms with Gasteiger partial charge in [0.2, 0.25) is 5.95 Å². The zero-order valence-electron chi connectivity index (χ0n) is 16.5. The number of nitrogens with zero attached hydrogens (tertiary/aromatic N) is 3. The number of carbonyl (C=O) groups is 1. The molecule has 1 aliphatic heterocycles. The third-order valence-electron chi connectivity index (χ3n) is 4.88. The largest absolute Gasteiger partial charge is 0.462 e. The second-order valence-corrected chi connectivity index (χ2v) is 6.89. The first-order valence-electron chi connectivity index (χ1n) is 9.97. The first-order valence-corrected chi connectivity index (χ1v) is 9.97. The molecule has 2 heterocycles. The van der Waals surface area contributed by atoms with E-state index in [9.17, 15) is 4.79 Å². The molecule has 1 saturated heterocycles. The number of aromatic nitrogens is 2. The number of rotatable bonds is 6. The summed E-state index contributed by atoms with van der Waals surface area (Å²) >= 11 is 0. The van der Waals surface area contributed by atoms with Crippen molar-refractivity contribution in [3.05, 3.63) is 66.2 Å². The van der Waals surface area contributed by atoms with Crippen LogP contribution in [0.4, 0.5) is 17.5 Å². The van der Waals surface area contributed by atoms with Crippen LogP contribution in [0.1, 0.15) is 30.1 Å². The van der Waals surface area contributed by atoms with E-state index in [4.69, 9.17) is 14.7 Å². The summed E-state index contributed by atoms with van der Waals surface area (Å²) in [6, 6.07) is 19.3. The van der Waals surface area contributed by atoms with Gasteiger partial charge in [0.25, 0.3) is 0 Å². The highest BCUT2D eigenvalue weighted by Gasteiger charge is 2.18. The number of para-hydroxylation sites is 1. The molecule has 6 heteroatoms. The molecule has 1 N–H and O–H groups in total. The molecule has 0 radical (unpaired) electrons. The van der Waals surface area contributed by atoms with Gasteiger partial charge in [0, 0.05) is 24.7 Å². The van der Waals surface area contributed by atoms with Gasteiger partial charge in [-0.3, -0.25) is 0 Å². The van der Waals surface area contributed by atoms with Gasteiger partial charge in [0.15, 0.2) is 0 Å². The second kappa shape index (κ2) is 8.73. The summed E-state index contributed by atoms with van der Waals surface area (Å²) in [4.78, 5) is 24.0. The van der Waals surface area contributed by atoms with Crippen molar-refractivity contribution in [3.8, 4) is 11.3 Å². The molecule has 4 rings (SSSR count). The van der Waals surface area contributed by atoms with E-state index in [1.807, 2.05) is 54.6 Å². The number of hydrogen-bond donors (Lipinski definition) is 1. The Morgan fingerprint density at radius 3 is 2.52 bits per heavy atom. The molecule has 0 saturated carbocycles. The lowest BCUT2D eigenvalue weighted by Gasteiger charge is -2.19. The fraction of sp³-hybridized carbons (Fsp3) is 0.261. The monoisotopic (exact) mass is 388 g/mol. The number of hydrogen-bond acceptors (Lipinski definition) is 6. The molecule has 0 amide bonds. The van der Waals surface area contributed by atoms with Gasteiger partial charge in [-0.15, -0.1) is 0 Å². The van der Waals surface area contributed by atoms with Crippen molar-refractivity contribution < 1.29 is 9.53 Å². The zero-order chi connectivity index (χ0) is 20.1. The normalized spacial score (nSPS) is 13.3. The van der Waals surface area contributed by atoms with Gasteiger partial charge in [-0.2, -0.15) is 4.98 Å². The van der Waals surface area contributed by atoms with Crippen molar-refractivity contribution >= 4 is 23.4 Å². The van der Waals surface area contributed by atoms with Crippen molar-refractivity contribution in [3.63, 3.8) is 0 Å². The topological polar surface area (TPSA) is 67.3 Å². The van der Waals surface area contributed by atoms with Crippen LogP contribution in [0.15, 0.2) is 60.7 Å². The number of ether oxygens (including phenoxy) is 1. The molecule has 6 nitrogen and oxygen atoms in total. The van der Waals surface area contributed by atoms with Crippen LogP contribution in [0.5, 0.6) is 0 Å². The van der Waals surface area contributed by atoms with E-state index in [0.29, 0.717) is 23.8 Å². The van der Waals surface area contributed by atoms with E-state index in [1.54, 1.807) is 13.0 Å². The van der Waals surface area contributed by atoms with Crippen molar-refractivity contribution in [2.75, 3.05) is 29.9 Å². The van der Waals surface area contributed by atoms with Gasteiger partial charge >= 0.3 is 5.97 Å². The quantitative estimate of drug-likeness (QED) is 0.619. The lowest BCUT2D eigenvalue weighted by Crippen LogP contribution is -2.20. The standard InChI is InChI=1S/C23H24N4O2/c1-2-29-22(28)18-12-6-7-13-19(18)24-23-25-20(17-10-4-3-5-11-17)16-21(26-23)27-14-8-9-15-27/h3-7,10-13,16H,2,8-9,14-15H2,1H3,(H,24,25,26). The molecule has 0 spiro atoms. The Bertz CT molecular complexity index is 985. The maximum atomic E-state index is 12.3. The molecule has 148 valence electrons. The Kier molecular flexibility index (Phi) is 5.70. The van der Waals surface area contributed by atoms with Crippen molar-refractivity contribution in [2.24, 2.45) is 0 Å². The first kappa shape index (κ1) is 18.9. The molecule has 2 aromatic carbocycles. The molecule has 1 aliphatic rings. The summed E-state index contributed by atoms with van der Waals surface area (Å²) in [6.45, 7) is 4.10. The van der Waals surface area contributed by atoms with Crippen LogP contribution < -0.4 is 10.2 Å². The van der Waals surface area contributed by atoms with Crippen LogP contribution in [0.3, 0.4) is 0 Å². The van der Waals surface area contributed by atoms with Crippen molar-refractivity contribution in [1.82, 2.24) is 9.97 Å². The summed E-state index contributed by atoms with van der Waals surface area (Å²) in [5, 5.41) is 3.24. The van der Waals surface area contributed by atoms with Crippen LogP contribution in [-0.2, 0) is 4.74 Å². The van der Waals surface area contributed by atoms with Crippen LogP contribution in [0.2, 0.25) is 0 Å². The fourth-order valence-corrected chi connectivity index (χ4v) is 3.45. The predicted octanol–water partition coefficient (Wildman–Crippen LogP) is 4.66. The van der Waals surface area contributed by atoms with Crippen LogP contribution in [-0.4, -0.2) is 35.6 Å². The maximum absolute atomic E-state index is 12.3. The number of carbonyl (C=O) groups excluding carboxylic acids is 1. The van der Waals surface area contributed by atoms with E-state index in [0.717, 1.165) is 30.2 Å². The summed E-state index contributed by atoms with van der Waals surface area (Å²) in [5.41, 5.74) is 2.96. The minimum absolute atomic E-state index is 0.326. The van der Waals surface area contributed by atoms with E-state index >= 15 is 0 Å². The Morgan fingerprint density at radius 1 is 1.03 bits per heavy atom. The van der Waals surface area contributed by atoms with Gasteiger partial charge in [-0.05, 0) is 31.9 Å². The van der Waals surface area contributed by atoms with E-state index in [2.05, 4.69) is 10.2 Å². The van der Waals surface area contributed by atoms with Gasteiger partial charge in [-0.25, -0.2) is 9.78 Å². The van der Waals surface area contributed by atoms with Crippen LogP contribution in [0.25, 0.3) is 11.3 Å². The Morgan fingerprint density at radius 2 is 1.76 bits per heavy atom. The third kappa shape index (κ3) is 4.37. The lowest BCUT2D eigenvalue weighted by atomic mass is 10.1. The molecule has 3 aromatic rings. The third-order valence-corrected chi connectivity index (χ3v) is 4.88. The number of benzene rings is 2. The van der Waals surface area contributed by atoms with E-state index in [1.165, 1.54) is 12.8 Å². The van der Waals surface area contributed by atoms with Gasteiger partial charge in [-0.1, -0.05) is 42.5 Å². The number of esters is 1. The molecule has 0 aliphatic carbocycles. The van der Waals surface area contributed by atoms with Crippen molar-refractivity contribution in [1.29, 1.82) is 0 Å². The highest BCUT2D eigenvalue weighted by molar-refractivity contribution is 5.96. The minimum Gasteiger partial charge on any atom is -0.462 e. The molecule has 0 unspecified atom stereocenters. The summed E-state index contributed by atoms with van der Waals surface area (Å²) < 4.78 is 5.18. The zero-order valence-corrected chi connectivity index (χ0v) is 16.5. The van der Waals surface area contributed by atoms with Crippen molar-refractivity contribution in [2.45, 2.75) is 19.8 Å². The molecular weight excluding hydrogens is 364 g/mol. The predicted molar refractivity (Wildman–Crippen MR) is 115 cm³/mol.